The van der Waals surface area contributed by atoms with Gasteiger partial charge in [0.25, 0.3) is 0 Å². The van der Waals surface area contributed by atoms with Crippen molar-refractivity contribution in [3.05, 3.63) is 29.8 Å². The van der Waals surface area contributed by atoms with Crippen molar-refractivity contribution in [1.29, 1.82) is 0 Å². The van der Waals surface area contributed by atoms with Gasteiger partial charge in [-0.05, 0) is 43.9 Å². The predicted molar refractivity (Wildman–Crippen MR) is 212 cm³/mol. The molecule has 7 bridgehead atoms. The Morgan fingerprint density at radius 1 is 0.935 bits per heavy atom. The van der Waals surface area contributed by atoms with Gasteiger partial charge in [0.05, 0.1) is 61.2 Å². The van der Waals surface area contributed by atoms with Crippen LogP contribution in [0.15, 0.2) is 24.3 Å². The van der Waals surface area contributed by atoms with Gasteiger partial charge in [0.2, 0.25) is 11.8 Å². The number of hydrogen-bond acceptors (Lipinski definition) is 15. The number of aliphatic carboxylic acids is 3. The summed E-state index contributed by atoms with van der Waals surface area (Å²) in [6, 6.07) is 6.12. The van der Waals surface area contributed by atoms with E-state index in [0.717, 1.165) is 11.3 Å². The summed E-state index contributed by atoms with van der Waals surface area (Å²) in [6.45, 7) is 4.95. The highest BCUT2D eigenvalue weighted by Crippen LogP contribution is 2.80. The highest BCUT2D eigenvalue weighted by atomic mass is 16.5. The zero-order valence-corrected chi connectivity index (χ0v) is 35.7. The van der Waals surface area contributed by atoms with Crippen molar-refractivity contribution in [3.63, 3.8) is 0 Å². The second-order valence-corrected chi connectivity index (χ2v) is 18.4. The minimum absolute atomic E-state index is 0.0358. The van der Waals surface area contributed by atoms with Gasteiger partial charge in [-0.1, -0.05) is 26.0 Å². The number of carboxylic acids is 3. The van der Waals surface area contributed by atoms with Crippen LogP contribution in [-0.2, 0) is 47.7 Å². The molecule has 342 valence electrons. The topological polar surface area (TPSA) is 276 Å². The third-order valence-corrected chi connectivity index (χ3v) is 15.8. The number of likely N-dealkylation sites (N-methyl/N-ethyl adjacent to an activating group) is 1. The third-order valence-electron chi connectivity index (χ3n) is 15.8. The smallest absolute Gasteiger partial charge is 0.340 e. The van der Waals surface area contributed by atoms with Crippen LogP contribution >= 0.6 is 0 Å². The van der Waals surface area contributed by atoms with Crippen molar-refractivity contribution in [2.24, 2.45) is 40.4 Å². The monoisotopic (exact) mass is 874 g/mol. The molecule has 2 aliphatic heterocycles. The minimum Gasteiger partial charge on any atom is -0.481 e. The number of nitrogens with zero attached hydrogens (tertiary/aromatic N) is 2. The SMILES string of the molecule is CCN1C[C@]2(COC(=O)c3ccccc3N3C(=O)C[C@H](C)C3=O)CC[C@H](OC)[C@]34[C@@H]5C[C@H]6[C@H](OC)[C@@H]5[C@](O)(C[C@@H]6OC)[C@@](O)([C@@H](OC)[C@H]23)[C@@H]14.O=C(O)CC(O)(CC(=O)O)C(=O)O. The van der Waals surface area contributed by atoms with E-state index in [4.69, 9.17) is 44.1 Å². The average Bonchev–Trinajstić information content (AvgIpc) is 3.75. The molecule has 2 saturated heterocycles. The van der Waals surface area contributed by atoms with E-state index in [0.29, 0.717) is 25.9 Å². The summed E-state index contributed by atoms with van der Waals surface area (Å²) in [5.41, 5.74) is -6.91. The Balaban J connectivity index is 0.000000387. The first-order chi connectivity index (χ1) is 29.2. The minimum atomic E-state index is -2.74. The number of anilines is 1. The van der Waals surface area contributed by atoms with Gasteiger partial charge >= 0.3 is 23.9 Å². The number of esters is 1. The van der Waals surface area contributed by atoms with E-state index < -0.39 is 82.4 Å². The van der Waals surface area contributed by atoms with Gasteiger partial charge in [-0.3, -0.25) is 24.1 Å². The van der Waals surface area contributed by atoms with Crippen molar-refractivity contribution < 1.29 is 83.1 Å². The van der Waals surface area contributed by atoms with Crippen molar-refractivity contribution in [2.75, 3.05) is 53.0 Å². The van der Waals surface area contributed by atoms with Crippen molar-refractivity contribution >= 4 is 41.4 Å². The lowest BCUT2D eigenvalue weighted by Gasteiger charge is -2.70. The molecule has 2 amide bonds. The van der Waals surface area contributed by atoms with Crippen LogP contribution in [0.5, 0.6) is 0 Å². The van der Waals surface area contributed by atoms with Crippen molar-refractivity contribution in [1.82, 2.24) is 4.90 Å². The number of methoxy groups -OCH3 is 4. The fraction of sp³-hybridized carbons (Fsp3) is 0.721. The van der Waals surface area contributed by atoms with Gasteiger partial charge in [0.1, 0.15) is 11.2 Å². The quantitative estimate of drug-likeness (QED) is 0.111. The number of benzene rings is 1. The maximum absolute atomic E-state index is 14.1. The predicted octanol–water partition coefficient (Wildman–Crippen LogP) is 0.787. The molecule has 7 fully saturated rings. The number of piperidine rings is 1. The van der Waals surface area contributed by atoms with E-state index in [1.807, 2.05) is 0 Å². The number of carbonyl (C=O) groups is 6. The van der Waals surface area contributed by atoms with E-state index in [-0.39, 0.29) is 84.5 Å². The first-order valence-corrected chi connectivity index (χ1v) is 21.0. The molecule has 1 aromatic rings. The number of para-hydroxylation sites is 1. The van der Waals surface area contributed by atoms with Crippen LogP contribution in [0.25, 0.3) is 0 Å². The molecule has 1 aromatic carbocycles. The largest absolute Gasteiger partial charge is 0.481 e. The second-order valence-electron chi connectivity index (χ2n) is 18.4. The Hall–Kier alpha value is -4.08. The molecular weight excluding hydrogens is 816 g/mol. The molecule has 0 aromatic heterocycles. The maximum Gasteiger partial charge on any atom is 0.340 e. The number of aliphatic hydroxyl groups is 3. The highest BCUT2D eigenvalue weighted by molar-refractivity contribution is 6.22. The van der Waals surface area contributed by atoms with Crippen molar-refractivity contribution in [2.45, 2.75) is 106 Å². The van der Waals surface area contributed by atoms with Gasteiger partial charge in [-0.2, -0.15) is 0 Å². The molecule has 5 saturated carbocycles. The molecule has 19 nitrogen and oxygen atoms in total. The summed E-state index contributed by atoms with van der Waals surface area (Å²) in [5.74, 6) is -7.49. The Morgan fingerprint density at radius 3 is 2.13 bits per heavy atom. The third kappa shape index (κ3) is 6.28. The van der Waals surface area contributed by atoms with Crippen LogP contribution in [0, 0.1) is 40.4 Å². The number of hydrogen-bond donors (Lipinski definition) is 6. The summed E-state index contributed by atoms with van der Waals surface area (Å²) in [6.07, 6.45) is -1.48. The molecule has 62 heavy (non-hydrogen) atoms. The molecule has 5 aliphatic carbocycles. The average molecular weight is 875 g/mol. The van der Waals surface area contributed by atoms with Crippen LogP contribution in [0.2, 0.25) is 0 Å². The molecule has 2 heterocycles. The summed E-state index contributed by atoms with van der Waals surface area (Å²) >= 11 is 0. The number of fused-ring (bicyclic) bond motifs is 2. The molecule has 0 radical (unpaired) electrons. The first kappa shape index (κ1) is 45.9. The number of imide groups is 1. The van der Waals surface area contributed by atoms with Crippen LogP contribution in [0.3, 0.4) is 0 Å². The molecule has 0 unspecified atom stereocenters. The Bertz CT molecular complexity index is 1980. The van der Waals surface area contributed by atoms with Gasteiger partial charge in [0, 0.05) is 82.3 Å². The Labute approximate surface area is 358 Å². The number of carbonyl (C=O) groups excluding carboxylic acids is 3. The normalized spacial score (nSPS) is 40.2. The van der Waals surface area contributed by atoms with E-state index in [1.54, 1.807) is 59.6 Å². The molecule has 14 atom stereocenters. The lowest BCUT2D eigenvalue weighted by atomic mass is 9.42. The highest BCUT2D eigenvalue weighted by Gasteiger charge is 2.91. The fourth-order valence-corrected chi connectivity index (χ4v) is 13.9. The van der Waals surface area contributed by atoms with E-state index in [2.05, 4.69) is 11.8 Å². The molecular formula is C43H58N2O17. The van der Waals surface area contributed by atoms with E-state index in [1.165, 1.54) is 0 Å². The molecule has 6 N–H and O–H groups in total. The number of amides is 2. The van der Waals surface area contributed by atoms with Crippen molar-refractivity contribution in [3.8, 4) is 0 Å². The van der Waals surface area contributed by atoms with Crippen LogP contribution < -0.4 is 4.90 Å². The number of carboxylic acid groups (broad SMARTS) is 3. The Morgan fingerprint density at radius 2 is 1.60 bits per heavy atom. The summed E-state index contributed by atoms with van der Waals surface area (Å²) in [7, 11) is 6.70. The van der Waals surface area contributed by atoms with Crippen LogP contribution in [0.1, 0.15) is 69.2 Å². The van der Waals surface area contributed by atoms with Gasteiger partial charge in [-0.25, -0.2) is 14.5 Å². The molecule has 19 heteroatoms. The zero-order chi connectivity index (χ0) is 45.5. The van der Waals surface area contributed by atoms with Crippen LogP contribution in [0.4, 0.5) is 5.69 Å². The lowest BCUT2D eigenvalue weighted by molar-refractivity contribution is -0.320. The number of rotatable bonds is 14. The zero-order valence-electron chi connectivity index (χ0n) is 35.7. The number of ether oxygens (including phenoxy) is 5. The summed E-state index contributed by atoms with van der Waals surface area (Å²) < 4.78 is 31.4. The summed E-state index contributed by atoms with van der Waals surface area (Å²) in [5, 5.41) is 60.4. The van der Waals surface area contributed by atoms with Gasteiger partial charge < -0.3 is 54.3 Å². The van der Waals surface area contributed by atoms with E-state index in [9.17, 15) is 39.0 Å². The standard InChI is InChI=1S/C37H50N2O10.C6H8O7/c1-7-38-17-34(18-49-32(42)20-10-8-9-11-23(20)39-26(40)14-19(2)31(39)41)13-12-25(46-4)36-22-15-21-24(45-3)16-35(43,27(22)28(21)47-5)37(44,33(36)38)30(48-6)29(34)36;7-3(8)1-6(13,5(11)12)2-4(9)10/h8-11,19,21-22,24-25,27-30,33,43-44H,7,12-18H2,1-6H3;13H,1-2H2,(H,7,8)(H,9,10)(H,11,12)/t19-,21+,22+,24-,25-,27+,28-,29+,30-,33-,34-,35+,36+,37+;/m0./s1. The van der Waals surface area contributed by atoms with Gasteiger partial charge in [0.15, 0.2) is 5.60 Å². The Kier molecular flexibility index (Phi) is 12.0. The lowest BCUT2D eigenvalue weighted by Crippen LogP contribution is -2.82. The first-order valence-electron chi connectivity index (χ1n) is 21.0. The van der Waals surface area contributed by atoms with E-state index >= 15 is 0 Å². The molecule has 8 rings (SSSR count). The maximum atomic E-state index is 14.1. The van der Waals surface area contributed by atoms with Gasteiger partial charge in [-0.15, -0.1) is 0 Å². The fourth-order valence-electron chi connectivity index (χ4n) is 13.9. The van der Waals surface area contributed by atoms with Crippen LogP contribution in [-0.4, -0.2) is 167 Å². The molecule has 1 spiro atoms. The summed E-state index contributed by atoms with van der Waals surface area (Å²) in [4.78, 5) is 73.8. The second kappa shape index (κ2) is 16.2. The molecule has 7 aliphatic rings. The number of likely N-dealkylation sites (tertiary alicyclic amines) is 1.